The summed E-state index contributed by atoms with van der Waals surface area (Å²) in [7, 11) is 0. The molecule has 2 amide bonds. The molecule has 2 N–H and O–H groups in total. The predicted molar refractivity (Wildman–Crippen MR) is 151 cm³/mol. The Labute approximate surface area is 239 Å². The molecule has 6 nitrogen and oxygen atoms in total. The van der Waals surface area contributed by atoms with E-state index in [2.05, 4.69) is 15.8 Å². The molecule has 3 rings (SSSR count). The number of hydrazone groups is 1. The van der Waals surface area contributed by atoms with Crippen molar-refractivity contribution in [3.05, 3.63) is 96.4 Å². The quantitative estimate of drug-likeness (QED) is 0.198. The lowest BCUT2D eigenvalue weighted by molar-refractivity contribution is -0.123. The molecule has 194 valence electrons. The van der Waals surface area contributed by atoms with E-state index in [0.29, 0.717) is 31.4 Å². The van der Waals surface area contributed by atoms with Crippen molar-refractivity contribution in [2.75, 3.05) is 0 Å². The highest BCUT2D eigenvalue weighted by Crippen LogP contribution is 2.26. The molecule has 0 aliphatic rings. The lowest BCUT2D eigenvalue weighted by atomic mass is 10.0. The highest BCUT2D eigenvalue weighted by molar-refractivity contribution is 6.42. The average Bonchev–Trinajstić information content (AvgIpc) is 2.84. The zero-order valence-corrected chi connectivity index (χ0v) is 23.5. The Morgan fingerprint density at radius 3 is 2.27 bits per heavy atom. The molecular formula is C26H22Cl5N3O3. The summed E-state index contributed by atoms with van der Waals surface area (Å²) >= 11 is 30.2. The van der Waals surface area contributed by atoms with Gasteiger partial charge in [0.25, 0.3) is 11.8 Å². The van der Waals surface area contributed by atoms with Gasteiger partial charge in [0, 0.05) is 31.8 Å². The van der Waals surface area contributed by atoms with Gasteiger partial charge in [-0.2, -0.15) is 5.10 Å². The van der Waals surface area contributed by atoms with E-state index in [-0.39, 0.29) is 23.1 Å². The highest BCUT2D eigenvalue weighted by atomic mass is 35.5. The maximum atomic E-state index is 12.8. The van der Waals surface area contributed by atoms with Crippen LogP contribution in [0, 0.1) is 5.92 Å². The summed E-state index contributed by atoms with van der Waals surface area (Å²) in [5.74, 6) is -0.724. The Balaban J connectivity index is 1.68. The largest absolute Gasteiger partial charge is 0.488 e. The van der Waals surface area contributed by atoms with Crippen molar-refractivity contribution in [3.63, 3.8) is 0 Å². The van der Waals surface area contributed by atoms with Crippen LogP contribution in [0.3, 0.4) is 0 Å². The van der Waals surface area contributed by atoms with Crippen molar-refractivity contribution in [1.29, 1.82) is 0 Å². The number of amides is 2. The zero-order valence-electron chi connectivity index (χ0n) is 19.7. The second-order valence-electron chi connectivity index (χ2n) is 8.26. The van der Waals surface area contributed by atoms with E-state index in [9.17, 15) is 9.59 Å². The van der Waals surface area contributed by atoms with Crippen molar-refractivity contribution in [2.24, 2.45) is 11.0 Å². The molecule has 0 fully saturated rings. The third-order valence-corrected chi connectivity index (χ3v) is 6.73. The summed E-state index contributed by atoms with van der Waals surface area (Å²) in [5, 5.41) is 8.77. The maximum absolute atomic E-state index is 12.8. The molecule has 0 saturated heterocycles. The van der Waals surface area contributed by atoms with Crippen LogP contribution in [0.25, 0.3) is 0 Å². The van der Waals surface area contributed by atoms with Gasteiger partial charge in [-0.1, -0.05) is 77.9 Å². The molecule has 0 heterocycles. The smallest absolute Gasteiger partial charge is 0.262 e. The monoisotopic (exact) mass is 599 g/mol. The van der Waals surface area contributed by atoms with Gasteiger partial charge in [0.2, 0.25) is 0 Å². The summed E-state index contributed by atoms with van der Waals surface area (Å²) in [5.41, 5.74) is 4.01. The van der Waals surface area contributed by atoms with Gasteiger partial charge in [-0.05, 0) is 54.4 Å². The summed E-state index contributed by atoms with van der Waals surface area (Å²) < 4.78 is 5.89. The minimum Gasteiger partial charge on any atom is -0.488 e. The fourth-order valence-corrected chi connectivity index (χ4v) is 4.12. The Kier molecular flexibility index (Phi) is 10.5. The van der Waals surface area contributed by atoms with Crippen LogP contribution in [0.1, 0.15) is 35.3 Å². The number of carbonyl (C=O) groups is 2. The van der Waals surface area contributed by atoms with Crippen LogP contribution >= 0.6 is 58.0 Å². The van der Waals surface area contributed by atoms with Crippen LogP contribution in [0.5, 0.6) is 5.75 Å². The molecule has 1 unspecified atom stereocenters. The molecule has 3 aromatic carbocycles. The van der Waals surface area contributed by atoms with Gasteiger partial charge in [0.05, 0.1) is 16.3 Å². The van der Waals surface area contributed by atoms with E-state index >= 15 is 0 Å². The van der Waals surface area contributed by atoms with E-state index in [1.165, 1.54) is 24.4 Å². The molecule has 3 aromatic rings. The number of halogens is 5. The number of nitrogens with zero attached hydrogens (tertiary/aromatic N) is 1. The van der Waals surface area contributed by atoms with Crippen molar-refractivity contribution < 1.29 is 14.3 Å². The van der Waals surface area contributed by atoms with Gasteiger partial charge >= 0.3 is 0 Å². The molecule has 0 aromatic heterocycles. The van der Waals surface area contributed by atoms with Crippen LogP contribution in [-0.4, -0.2) is 24.1 Å². The third kappa shape index (κ3) is 8.25. The number of rotatable bonds is 9. The third-order valence-electron chi connectivity index (χ3n) is 5.17. The van der Waals surface area contributed by atoms with E-state index in [0.717, 1.165) is 5.56 Å². The molecule has 0 bridgehead atoms. The van der Waals surface area contributed by atoms with E-state index < -0.39 is 17.9 Å². The highest BCUT2D eigenvalue weighted by Gasteiger charge is 2.25. The van der Waals surface area contributed by atoms with Gasteiger partial charge in [-0.3, -0.25) is 9.59 Å². The molecule has 37 heavy (non-hydrogen) atoms. The van der Waals surface area contributed by atoms with Crippen molar-refractivity contribution in [2.45, 2.75) is 26.5 Å². The first-order valence-corrected chi connectivity index (χ1v) is 12.9. The summed E-state index contributed by atoms with van der Waals surface area (Å²) in [6.45, 7) is 3.78. The number of nitrogens with one attached hydrogen (secondary N) is 2. The summed E-state index contributed by atoms with van der Waals surface area (Å²) in [6.07, 6.45) is 1.40. The van der Waals surface area contributed by atoms with Crippen molar-refractivity contribution in [1.82, 2.24) is 10.7 Å². The Bertz CT molecular complexity index is 1330. The maximum Gasteiger partial charge on any atom is 0.262 e. The predicted octanol–water partition coefficient (Wildman–Crippen LogP) is 7.44. The molecule has 0 aliphatic carbocycles. The second-order valence-corrected chi connectivity index (χ2v) is 10.4. The molecule has 0 aliphatic heterocycles. The van der Waals surface area contributed by atoms with Gasteiger partial charge in [0.1, 0.15) is 18.4 Å². The summed E-state index contributed by atoms with van der Waals surface area (Å²) in [6, 6.07) is 13.7. The Morgan fingerprint density at radius 2 is 1.59 bits per heavy atom. The van der Waals surface area contributed by atoms with E-state index in [1.54, 1.807) is 50.2 Å². The first kappa shape index (κ1) is 29.1. The van der Waals surface area contributed by atoms with E-state index in [1.807, 2.05) is 0 Å². The number of benzene rings is 3. The lowest BCUT2D eigenvalue weighted by Crippen LogP contribution is -2.48. The number of carbonyl (C=O) groups excluding carboxylic acids is 2. The SMILES string of the molecule is CC(C)C(NC(=O)c1ccc(Cl)c(Cl)c1)C(=O)N/N=C/c1cc(Cl)ccc1OCc1ccc(Cl)cc1Cl. The molecular weight excluding hydrogens is 580 g/mol. The van der Waals surface area contributed by atoms with Crippen LogP contribution < -0.4 is 15.5 Å². The molecule has 0 radical (unpaired) electrons. The van der Waals surface area contributed by atoms with Crippen LogP contribution in [-0.2, 0) is 11.4 Å². The number of hydrogen-bond acceptors (Lipinski definition) is 4. The topological polar surface area (TPSA) is 79.8 Å². The van der Waals surface area contributed by atoms with Crippen LogP contribution in [0.2, 0.25) is 25.1 Å². The second kappa shape index (κ2) is 13.4. The first-order chi connectivity index (χ1) is 17.5. The van der Waals surface area contributed by atoms with Crippen LogP contribution in [0.4, 0.5) is 0 Å². The standard InChI is InChI=1S/C26H22Cl5N3O3/c1-14(2)24(33-25(35)15-4-7-20(29)22(31)10-15)26(36)34-32-12-17-9-18(27)6-8-23(17)37-13-16-3-5-19(28)11-21(16)30/h3-12,14,24H,13H2,1-2H3,(H,33,35)(H,34,36)/b32-12+. The fraction of sp³-hybridized carbons (Fsp3) is 0.192. The van der Waals surface area contributed by atoms with Crippen molar-refractivity contribution >= 4 is 76.0 Å². The fourth-order valence-electron chi connectivity index (χ4n) is 3.18. The lowest BCUT2D eigenvalue weighted by Gasteiger charge is -2.20. The van der Waals surface area contributed by atoms with Gasteiger partial charge in [-0.15, -0.1) is 0 Å². The van der Waals surface area contributed by atoms with E-state index in [4.69, 9.17) is 62.7 Å². The normalized spacial score (nSPS) is 12.0. The number of ether oxygens (including phenoxy) is 1. The molecule has 1 atom stereocenters. The van der Waals surface area contributed by atoms with Crippen molar-refractivity contribution in [3.8, 4) is 5.75 Å². The Morgan fingerprint density at radius 1 is 0.892 bits per heavy atom. The van der Waals surface area contributed by atoms with Gasteiger partial charge in [-0.25, -0.2) is 5.43 Å². The minimum atomic E-state index is -0.860. The molecule has 0 saturated carbocycles. The van der Waals surface area contributed by atoms with Gasteiger partial charge < -0.3 is 10.1 Å². The number of hydrogen-bond donors (Lipinski definition) is 2. The molecule has 0 spiro atoms. The molecule has 11 heteroatoms. The summed E-state index contributed by atoms with van der Waals surface area (Å²) in [4.78, 5) is 25.5. The minimum absolute atomic E-state index is 0.182. The first-order valence-electron chi connectivity index (χ1n) is 11.0. The average molecular weight is 602 g/mol. The van der Waals surface area contributed by atoms with Gasteiger partial charge in [0.15, 0.2) is 0 Å². The zero-order chi connectivity index (χ0) is 27.1. The van der Waals surface area contributed by atoms with Crippen LogP contribution in [0.15, 0.2) is 59.7 Å². The Hall–Kier alpha value is -2.48.